The summed E-state index contributed by atoms with van der Waals surface area (Å²) in [5.41, 5.74) is 2.21. The van der Waals surface area contributed by atoms with Gasteiger partial charge >= 0.3 is 0 Å². The Labute approximate surface area is 175 Å². The fourth-order valence-corrected chi connectivity index (χ4v) is 2.98. The molecule has 0 saturated carbocycles. The summed E-state index contributed by atoms with van der Waals surface area (Å²) in [5, 5.41) is 8.67. The van der Waals surface area contributed by atoms with Crippen LogP contribution in [0.1, 0.15) is 12.5 Å². The summed E-state index contributed by atoms with van der Waals surface area (Å²) in [6, 6.07) is 17.4. The third kappa shape index (κ3) is 5.56. The Morgan fingerprint density at radius 3 is 2.69 bits per heavy atom. The van der Waals surface area contributed by atoms with Crippen LogP contribution in [-0.2, 0) is 11.3 Å². The fourth-order valence-electron chi connectivity index (χ4n) is 2.81. The molecule has 2 aromatic carbocycles. The third-order valence-electron chi connectivity index (χ3n) is 4.34. The lowest BCUT2D eigenvalue weighted by Gasteiger charge is -2.09. The van der Waals surface area contributed by atoms with E-state index >= 15 is 0 Å². The van der Waals surface area contributed by atoms with E-state index in [2.05, 4.69) is 22.2 Å². The van der Waals surface area contributed by atoms with E-state index in [0.29, 0.717) is 28.7 Å². The Kier molecular flexibility index (Phi) is 6.82. The predicted molar refractivity (Wildman–Crippen MR) is 121 cm³/mol. The van der Waals surface area contributed by atoms with Crippen LogP contribution in [0.5, 0.6) is 0 Å². The van der Waals surface area contributed by atoms with E-state index in [4.69, 9.17) is 11.6 Å². The van der Waals surface area contributed by atoms with E-state index < -0.39 is 0 Å². The van der Waals surface area contributed by atoms with E-state index in [1.54, 1.807) is 24.4 Å². The molecular weight excluding hydrogens is 382 g/mol. The highest BCUT2D eigenvalue weighted by Crippen LogP contribution is 2.25. The summed E-state index contributed by atoms with van der Waals surface area (Å²) in [6.45, 7) is 6.31. The summed E-state index contributed by atoms with van der Waals surface area (Å²) >= 11 is 6.11. The second kappa shape index (κ2) is 9.71. The van der Waals surface area contributed by atoms with Gasteiger partial charge in [0, 0.05) is 34.4 Å². The number of allylic oxidation sites excluding steroid dienone is 2. The van der Waals surface area contributed by atoms with Crippen molar-refractivity contribution in [3.05, 3.63) is 107 Å². The summed E-state index contributed by atoms with van der Waals surface area (Å²) in [4.78, 5) is 16.8. The molecule has 0 fully saturated rings. The lowest BCUT2D eigenvalue weighted by molar-refractivity contribution is -0.117. The number of hydrogen-bond acceptors (Lipinski definition) is 3. The molecule has 0 unspecified atom stereocenters. The number of amides is 1. The zero-order valence-corrected chi connectivity index (χ0v) is 16.9. The minimum Gasteiger partial charge on any atom is -0.348 e. The molecule has 5 heteroatoms. The van der Waals surface area contributed by atoms with Crippen molar-refractivity contribution in [2.45, 2.75) is 13.5 Å². The molecule has 3 rings (SSSR count). The number of aromatic nitrogens is 1. The van der Waals surface area contributed by atoms with E-state index in [9.17, 15) is 4.79 Å². The highest BCUT2D eigenvalue weighted by molar-refractivity contribution is 6.31. The molecule has 29 heavy (non-hydrogen) atoms. The number of benzene rings is 2. The van der Waals surface area contributed by atoms with Crippen molar-refractivity contribution in [1.82, 2.24) is 10.3 Å². The number of hydrogen-bond donors (Lipinski definition) is 2. The molecule has 3 aromatic rings. The maximum absolute atomic E-state index is 12.4. The van der Waals surface area contributed by atoms with Crippen LogP contribution < -0.4 is 10.6 Å². The number of halogens is 1. The standard InChI is InChI=1S/C24H22ClN3O/c1-3-19(24(29)27-16-18-7-5-4-6-8-18)10-9-17(2)28-23-22-15-21(25)12-11-20(22)13-14-26-23/h3-15H,2,16H2,1H3,(H,26,28)(H,27,29)/b10-9-,19-3+. The van der Waals surface area contributed by atoms with Gasteiger partial charge in [-0.05, 0) is 48.2 Å². The fraction of sp³-hybridized carbons (Fsp3) is 0.0833. The van der Waals surface area contributed by atoms with Crippen molar-refractivity contribution >= 4 is 34.1 Å². The number of carbonyl (C=O) groups excluding carboxylic acids is 1. The molecule has 0 atom stereocenters. The monoisotopic (exact) mass is 403 g/mol. The summed E-state index contributed by atoms with van der Waals surface area (Å²) in [6.07, 6.45) is 6.97. The molecule has 0 aliphatic carbocycles. The van der Waals surface area contributed by atoms with Crippen LogP contribution in [0.2, 0.25) is 5.02 Å². The van der Waals surface area contributed by atoms with Crippen LogP contribution >= 0.6 is 11.6 Å². The maximum atomic E-state index is 12.4. The zero-order valence-electron chi connectivity index (χ0n) is 16.2. The summed E-state index contributed by atoms with van der Waals surface area (Å²) in [7, 11) is 0. The van der Waals surface area contributed by atoms with Gasteiger partial charge in [0.05, 0.1) is 0 Å². The van der Waals surface area contributed by atoms with Crippen molar-refractivity contribution in [2.24, 2.45) is 0 Å². The van der Waals surface area contributed by atoms with Crippen molar-refractivity contribution in [1.29, 1.82) is 0 Å². The number of pyridine rings is 1. The van der Waals surface area contributed by atoms with Gasteiger partial charge in [0.25, 0.3) is 5.91 Å². The largest absolute Gasteiger partial charge is 0.348 e. The van der Waals surface area contributed by atoms with Gasteiger partial charge in [0.1, 0.15) is 5.82 Å². The second-order valence-electron chi connectivity index (χ2n) is 6.42. The van der Waals surface area contributed by atoms with Gasteiger partial charge in [-0.2, -0.15) is 0 Å². The smallest absolute Gasteiger partial charge is 0.251 e. The average Bonchev–Trinajstić information content (AvgIpc) is 2.74. The number of nitrogens with one attached hydrogen (secondary N) is 2. The normalized spacial score (nSPS) is 11.6. The number of fused-ring (bicyclic) bond motifs is 1. The first-order valence-corrected chi connectivity index (χ1v) is 9.61. The number of carbonyl (C=O) groups is 1. The summed E-state index contributed by atoms with van der Waals surface area (Å²) < 4.78 is 0. The molecule has 1 amide bonds. The van der Waals surface area contributed by atoms with Gasteiger partial charge in [0.2, 0.25) is 0 Å². The van der Waals surface area contributed by atoms with Crippen LogP contribution in [0.15, 0.2) is 96.9 Å². The van der Waals surface area contributed by atoms with Gasteiger partial charge in [-0.15, -0.1) is 0 Å². The van der Waals surface area contributed by atoms with Gasteiger partial charge in [-0.3, -0.25) is 4.79 Å². The van der Waals surface area contributed by atoms with Crippen LogP contribution in [0.25, 0.3) is 10.8 Å². The van der Waals surface area contributed by atoms with Crippen molar-refractivity contribution < 1.29 is 4.79 Å². The Hall–Kier alpha value is -3.37. The summed E-state index contributed by atoms with van der Waals surface area (Å²) in [5.74, 6) is 0.519. The number of nitrogens with zero attached hydrogens (tertiary/aromatic N) is 1. The molecule has 0 aliphatic rings. The molecule has 0 radical (unpaired) electrons. The van der Waals surface area contributed by atoms with Gasteiger partial charge in [0.15, 0.2) is 0 Å². The van der Waals surface area contributed by atoms with E-state index in [1.165, 1.54) is 0 Å². The van der Waals surface area contributed by atoms with E-state index in [1.807, 2.05) is 61.5 Å². The molecule has 1 heterocycles. The van der Waals surface area contributed by atoms with E-state index in [0.717, 1.165) is 16.3 Å². The molecule has 0 saturated heterocycles. The van der Waals surface area contributed by atoms with Crippen LogP contribution in [0, 0.1) is 0 Å². The van der Waals surface area contributed by atoms with Crippen molar-refractivity contribution in [3.8, 4) is 0 Å². The average molecular weight is 404 g/mol. The van der Waals surface area contributed by atoms with Crippen LogP contribution in [0.4, 0.5) is 5.82 Å². The van der Waals surface area contributed by atoms with Crippen molar-refractivity contribution in [3.63, 3.8) is 0 Å². The Balaban J connectivity index is 1.64. The first-order valence-electron chi connectivity index (χ1n) is 9.23. The third-order valence-corrected chi connectivity index (χ3v) is 4.58. The van der Waals surface area contributed by atoms with Gasteiger partial charge in [-0.25, -0.2) is 4.98 Å². The quantitative estimate of drug-likeness (QED) is 0.397. The number of rotatable bonds is 7. The highest BCUT2D eigenvalue weighted by atomic mass is 35.5. The SMILES string of the molecule is C=C(/C=C\C(=C/C)C(=O)NCc1ccccc1)Nc1nccc2ccc(Cl)cc12. The van der Waals surface area contributed by atoms with Gasteiger partial charge in [-0.1, -0.05) is 60.7 Å². The number of anilines is 1. The molecule has 146 valence electrons. The predicted octanol–water partition coefficient (Wildman–Crippen LogP) is 5.63. The topological polar surface area (TPSA) is 54.0 Å². The zero-order chi connectivity index (χ0) is 20.6. The van der Waals surface area contributed by atoms with Crippen LogP contribution in [0.3, 0.4) is 0 Å². The maximum Gasteiger partial charge on any atom is 0.251 e. The second-order valence-corrected chi connectivity index (χ2v) is 6.86. The van der Waals surface area contributed by atoms with E-state index in [-0.39, 0.29) is 5.91 Å². The molecular formula is C24H22ClN3O. The molecule has 4 nitrogen and oxygen atoms in total. The van der Waals surface area contributed by atoms with Gasteiger partial charge < -0.3 is 10.6 Å². The molecule has 0 bridgehead atoms. The minimum atomic E-state index is -0.143. The Morgan fingerprint density at radius 2 is 1.93 bits per heavy atom. The Morgan fingerprint density at radius 1 is 1.14 bits per heavy atom. The first kappa shape index (κ1) is 20.4. The molecule has 2 N–H and O–H groups in total. The highest BCUT2D eigenvalue weighted by Gasteiger charge is 2.06. The molecule has 1 aromatic heterocycles. The van der Waals surface area contributed by atoms with Crippen molar-refractivity contribution in [2.75, 3.05) is 5.32 Å². The molecule has 0 spiro atoms. The lowest BCUT2D eigenvalue weighted by atomic mass is 10.1. The lowest BCUT2D eigenvalue weighted by Crippen LogP contribution is -2.23. The minimum absolute atomic E-state index is 0.143. The Bertz CT molecular complexity index is 1090. The first-order chi connectivity index (χ1) is 14.1. The van der Waals surface area contributed by atoms with Crippen LogP contribution in [-0.4, -0.2) is 10.9 Å². The molecule has 0 aliphatic heterocycles.